The first-order valence-corrected chi connectivity index (χ1v) is 6.21. The number of nitrogens with zero attached hydrogens (tertiary/aromatic N) is 4. The zero-order chi connectivity index (χ0) is 13.6. The molecule has 0 spiro atoms. The summed E-state index contributed by atoms with van der Waals surface area (Å²) >= 11 is 0. The van der Waals surface area contributed by atoms with Gasteiger partial charge in [0.1, 0.15) is 0 Å². The van der Waals surface area contributed by atoms with E-state index in [2.05, 4.69) is 35.9 Å². The molecule has 0 saturated carbocycles. The number of aromatic nitrogens is 4. The molecule has 0 amide bonds. The van der Waals surface area contributed by atoms with E-state index in [1.54, 1.807) is 6.33 Å². The minimum Gasteiger partial charge on any atom is -0.334 e. The van der Waals surface area contributed by atoms with Crippen LogP contribution in [0.25, 0.3) is 22.5 Å². The Bertz CT molecular complexity index is 733. The summed E-state index contributed by atoms with van der Waals surface area (Å²) in [4.78, 5) is 8.79. The quantitative estimate of drug-likeness (QED) is 0.671. The Labute approximate surface area is 111 Å². The first kappa shape index (κ1) is 11.9. The van der Waals surface area contributed by atoms with Crippen molar-refractivity contribution in [3.8, 4) is 11.5 Å². The zero-order valence-electron chi connectivity index (χ0n) is 11.5. The van der Waals surface area contributed by atoms with Gasteiger partial charge in [0.15, 0.2) is 5.82 Å². The van der Waals surface area contributed by atoms with Gasteiger partial charge >= 0.3 is 0 Å². The molecule has 2 heterocycles. The second kappa shape index (κ2) is 3.91. The number of aryl methyl sites for hydroxylation is 1. The third-order valence-electron chi connectivity index (χ3n) is 3.07. The molecular formula is C14H16N4O. The molecule has 0 radical (unpaired) electrons. The number of fused-ring (bicyclic) bond motifs is 1. The maximum absolute atomic E-state index is 5.34. The average molecular weight is 256 g/mol. The van der Waals surface area contributed by atoms with Crippen molar-refractivity contribution in [1.82, 2.24) is 19.7 Å². The molecule has 0 N–H and O–H groups in total. The highest BCUT2D eigenvalue weighted by atomic mass is 16.5. The molecule has 0 bridgehead atoms. The Balaban J connectivity index is 2.06. The van der Waals surface area contributed by atoms with Crippen molar-refractivity contribution >= 4 is 11.0 Å². The Kier molecular flexibility index (Phi) is 2.45. The van der Waals surface area contributed by atoms with E-state index < -0.39 is 0 Å². The predicted octanol–water partition coefficient (Wildman–Crippen LogP) is 2.92. The van der Waals surface area contributed by atoms with Crippen LogP contribution >= 0.6 is 0 Å². The first-order valence-electron chi connectivity index (χ1n) is 6.21. The maximum atomic E-state index is 5.34. The van der Waals surface area contributed by atoms with Crippen molar-refractivity contribution in [1.29, 1.82) is 0 Å². The zero-order valence-corrected chi connectivity index (χ0v) is 11.5. The fourth-order valence-electron chi connectivity index (χ4n) is 1.91. The van der Waals surface area contributed by atoms with Crippen LogP contribution in [0.1, 0.15) is 26.6 Å². The third-order valence-corrected chi connectivity index (χ3v) is 3.07. The van der Waals surface area contributed by atoms with Gasteiger partial charge in [0, 0.05) is 18.0 Å². The minimum absolute atomic E-state index is 0.114. The predicted molar refractivity (Wildman–Crippen MR) is 72.7 cm³/mol. The number of hydrogen-bond acceptors (Lipinski definition) is 4. The number of benzene rings is 1. The lowest BCUT2D eigenvalue weighted by molar-refractivity contribution is 0.402. The molecule has 0 atom stereocenters. The van der Waals surface area contributed by atoms with Crippen LogP contribution in [-0.4, -0.2) is 19.7 Å². The fourth-order valence-corrected chi connectivity index (χ4v) is 1.91. The second-order valence-electron chi connectivity index (χ2n) is 5.73. The molecule has 1 aromatic carbocycles. The Hall–Kier alpha value is -2.17. The van der Waals surface area contributed by atoms with Gasteiger partial charge in [0.25, 0.3) is 5.89 Å². The van der Waals surface area contributed by atoms with Gasteiger partial charge in [-0.25, -0.2) is 4.98 Å². The average Bonchev–Trinajstić information content (AvgIpc) is 2.95. The minimum atomic E-state index is -0.114. The summed E-state index contributed by atoms with van der Waals surface area (Å²) < 4.78 is 7.32. The summed E-state index contributed by atoms with van der Waals surface area (Å²) in [7, 11) is 1.97. The highest BCUT2D eigenvalue weighted by molar-refractivity contribution is 5.80. The van der Waals surface area contributed by atoms with Gasteiger partial charge in [0.05, 0.1) is 17.4 Å². The van der Waals surface area contributed by atoms with Crippen molar-refractivity contribution < 1.29 is 4.52 Å². The van der Waals surface area contributed by atoms with E-state index >= 15 is 0 Å². The first-order chi connectivity index (χ1) is 8.95. The van der Waals surface area contributed by atoms with Gasteiger partial charge in [-0.1, -0.05) is 25.9 Å². The lowest BCUT2D eigenvalue weighted by Crippen LogP contribution is -2.13. The van der Waals surface area contributed by atoms with Crippen LogP contribution in [0.5, 0.6) is 0 Å². The number of imidazole rings is 1. The summed E-state index contributed by atoms with van der Waals surface area (Å²) in [5.74, 6) is 1.25. The normalized spacial score (nSPS) is 12.2. The van der Waals surface area contributed by atoms with Gasteiger partial charge in [-0.3, -0.25) is 0 Å². The molecule has 0 unspecified atom stereocenters. The number of hydrogen-bond donors (Lipinski definition) is 0. The topological polar surface area (TPSA) is 56.7 Å². The van der Waals surface area contributed by atoms with E-state index in [0.717, 1.165) is 16.6 Å². The molecule has 0 aliphatic rings. The van der Waals surface area contributed by atoms with E-state index in [4.69, 9.17) is 4.52 Å². The van der Waals surface area contributed by atoms with Crippen LogP contribution in [0, 0.1) is 0 Å². The molecule has 3 rings (SSSR count). The molecule has 0 saturated heterocycles. The second-order valence-corrected chi connectivity index (χ2v) is 5.73. The van der Waals surface area contributed by atoms with Gasteiger partial charge < -0.3 is 9.09 Å². The van der Waals surface area contributed by atoms with E-state index in [-0.39, 0.29) is 5.41 Å². The highest BCUT2D eigenvalue weighted by Gasteiger charge is 2.21. The van der Waals surface area contributed by atoms with Crippen LogP contribution < -0.4 is 0 Å². The van der Waals surface area contributed by atoms with Gasteiger partial charge in [-0.2, -0.15) is 4.98 Å². The van der Waals surface area contributed by atoms with Gasteiger partial charge in [-0.05, 0) is 18.2 Å². The van der Waals surface area contributed by atoms with Gasteiger partial charge in [0.2, 0.25) is 0 Å². The molecule has 98 valence electrons. The highest BCUT2D eigenvalue weighted by Crippen LogP contribution is 2.25. The monoisotopic (exact) mass is 256 g/mol. The molecule has 2 aromatic heterocycles. The summed E-state index contributed by atoms with van der Waals surface area (Å²) in [5, 5.41) is 4.04. The fraction of sp³-hybridized carbons (Fsp3) is 0.357. The van der Waals surface area contributed by atoms with Crippen LogP contribution in [-0.2, 0) is 12.5 Å². The standard InChI is InChI=1S/C14H16N4O/c1-14(2,3)13-16-12(19-17-13)9-5-6-11-10(7-9)15-8-18(11)4/h5-8H,1-4H3. The summed E-state index contributed by atoms with van der Waals surface area (Å²) in [5.41, 5.74) is 2.79. The summed E-state index contributed by atoms with van der Waals surface area (Å²) in [6.45, 7) is 6.18. The van der Waals surface area contributed by atoms with Crippen molar-refractivity contribution in [2.75, 3.05) is 0 Å². The van der Waals surface area contributed by atoms with Crippen molar-refractivity contribution in [3.05, 3.63) is 30.4 Å². The molecule has 19 heavy (non-hydrogen) atoms. The lowest BCUT2D eigenvalue weighted by atomic mass is 9.96. The van der Waals surface area contributed by atoms with Gasteiger partial charge in [-0.15, -0.1) is 0 Å². The van der Waals surface area contributed by atoms with E-state index in [1.807, 2.05) is 29.8 Å². The van der Waals surface area contributed by atoms with E-state index in [1.165, 1.54) is 0 Å². The van der Waals surface area contributed by atoms with Crippen molar-refractivity contribution in [3.63, 3.8) is 0 Å². The number of rotatable bonds is 1. The molecule has 0 aliphatic carbocycles. The van der Waals surface area contributed by atoms with Crippen molar-refractivity contribution in [2.24, 2.45) is 7.05 Å². The smallest absolute Gasteiger partial charge is 0.258 e. The molecule has 5 nitrogen and oxygen atoms in total. The molecule has 0 fully saturated rings. The van der Waals surface area contributed by atoms with E-state index in [0.29, 0.717) is 11.7 Å². The molecule has 0 aliphatic heterocycles. The Morgan fingerprint density at radius 1 is 1.21 bits per heavy atom. The SMILES string of the molecule is Cn1cnc2cc(-c3nc(C(C)(C)C)no3)ccc21. The molecule has 3 aromatic rings. The van der Waals surface area contributed by atoms with Crippen molar-refractivity contribution in [2.45, 2.75) is 26.2 Å². The Morgan fingerprint density at radius 2 is 2.00 bits per heavy atom. The largest absolute Gasteiger partial charge is 0.334 e. The molecular weight excluding hydrogens is 240 g/mol. The summed E-state index contributed by atoms with van der Waals surface area (Å²) in [6, 6.07) is 5.96. The maximum Gasteiger partial charge on any atom is 0.258 e. The lowest BCUT2D eigenvalue weighted by Gasteiger charge is -2.10. The molecule has 5 heteroatoms. The summed E-state index contributed by atoms with van der Waals surface area (Å²) in [6.07, 6.45) is 1.79. The van der Waals surface area contributed by atoms with Crippen LogP contribution in [0.4, 0.5) is 0 Å². The van der Waals surface area contributed by atoms with E-state index in [9.17, 15) is 0 Å². The van der Waals surface area contributed by atoms with Crippen LogP contribution in [0.15, 0.2) is 29.0 Å². The Morgan fingerprint density at radius 3 is 2.68 bits per heavy atom. The van der Waals surface area contributed by atoms with Crippen LogP contribution in [0.2, 0.25) is 0 Å². The third kappa shape index (κ3) is 2.01. The van der Waals surface area contributed by atoms with Crippen LogP contribution in [0.3, 0.4) is 0 Å².